The van der Waals surface area contributed by atoms with Gasteiger partial charge in [-0.05, 0) is 45.9 Å². The summed E-state index contributed by atoms with van der Waals surface area (Å²) in [5.41, 5.74) is -0.472. The fourth-order valence-electron chi connectivity index (χ4n) is 1.88. The van der Waals surface area contributed by atoms with Gasteiger partial charge in [0.15, 0.2) is 0 Å². The first-order chi connectivity index (χ1) is 6.37. The van der Waals surface area contributed by atoms with Crippen molar-refractivity contribution in [1.29, 1.82) is 0 Å². The quantitative estimate of drug-likeness (QED) is 0.682. The van der Waals surface area contributed by atoms with Gasteiger partial charge >= 0.3 is 7.12 Å². The van der Waals surface area contributed by atoms with Crippen LogP contribution in [0.1, 0.15) is 34.1 Å². The molecule has 1 saturated carbocycles. The predicted octanol–water partition coefficient (Wildman–Crippen LogP) is 1.46. The molecule has 1 N–H and O–H groups in total. The second kappa shape index (κ2) is 2.97. The standard InChI is InChI=1S/C10H19BO3/c1-9(2)10(3,4)14-11(13-9)8-5-7(8)6-12/h7-8,12H,5-6H2,1-4H3/t7-,8+/m0/s1. The van der Waals surface area contributed by atoms with Gasteiger partial charge in [-0.15, -0.1) is 0 Å². The summed E-state index contributed by atoms with van der Waals surface area (Å²) in [4.78, 5) is 0. The molecule has 0 aromatic heterocycles. The topological polar surface area (TPSA) is 38.7 Å². The van der Waals surface area contributed by atoms with E-state index in [-0.39, 0.29) is 24.9 Å². The molecule has 0 unspecified atom stereocenters. The molecule has 3 nitrogen and oxygen atoms in total. The van der Waals surface area contributed by atoms with Gasteiger partial charge in [-0.1, -0.05) is 0 Å². The molecule has 0 spiro atoms. The van der Waals surface area contributed by atoms with Gasteiger partial charge in [-0.3, -0.25) is 0 Å². The predicted molar refractivity (Wildman–Crippen MR) is 55.0 cm³/mol. The van der Waals surface area contributed by atoms with Crippen molar-refractivity contribution in [2.75, 3.05) is 6.61 Å². The van der Waals surface area contributed by atoms with Crippen molar-refractivity contribution in [1.82, 2.24) is 0 Å². The summed E-state index contributed by atoms with van der Waals surface area (Å²) in [5.74, 6) is 0.797. The minimum atomic E-state index is -0.236. The molecule has 2 rings (SSSR count). The van der Waals surface area contributed by atoms with E-state index in [1.807, 2.05) is 0 Å². The summed E-state index contributed by atoms with van der Waals surface area (Å²) in [6, 6.07) is 0. The summed E-state index contributed by atoms with van der Waals surface area (Å²) in [5, 5.41) is 8.99. The number of hydrogen-bond acceptors (Lipinski definition) is 3. The molecule has 0 aromatic carbocycles. The molecular formula is C10H19BO3. The summed E-state index contributed by atoms with van der Waals surface area (Å²) in [6.07, 6.45) is 1.04. The van der Waals surface area contributed by atoms with Crippen LogP contribution < -0.4 is 0 Å². The molecule has 4 heteroatoms. The van der Waals surface area contributed by atoms with E-state index in [0.717, 1.165) is 6.42 Å². The lowest BCUT2D eigenvalue weighted by atomic mass is 9.81. The van der Waals surface area contributed by atoms with Gasteiger partial charge in [0.2, 0.25) is 0 Å². The maximum Gasteiger partial charge on any atom is 0.461 e. The Morgan fingerprint density at radius 1 is 1.21 bits per heavy atom. The first-order valence-corrected chi connectivity index (χ1v) is 5.34. The molecule has 1 heterocycles. The lowest BCUT2D eigenvalue weighted by Gasteiger charge is -2.32. The summed E-state index contributed by atoms with van der Waals surface area (Å²) in [6.45, 7) is 8.49. The van der Waals surface area contributed by atoms with Crippen LogP contribution in [-0.4, -0.2) is 30.0 Å². The van der Waals surface area contributed by atoms with Crippen molar-refractivity contribution in [3.05, 3.63) is 0 Å². The minimum absolute atomic E-state index is 0.114. The smallest absolute Gasteiger partial charge is 0.403 e. The van der Waals surface area contributed by atoms with E-state index in [0.29, 0.717) is 11.7 Å². The number of rotatable bonds is 2. The highest BCUT2D eigenvalue weighted by Gasteiger charge is 2.59. The number of aliphatic hydroxyl groups is 1. The Kier molecular flexibility index (Phi) is 2.22. The molecule has 0 aromatic rings. The SMILES string of the molecule is CC1(C)OB([C@@H]2C[C@H]2CO)OC1(C)C. The minimum Gasteiger partial charge on any atom is -0.403 e. The number of hydrogen-bond donors (Lipinski definition) is 1. The average molecular weight is 198 g/mol. The van der Waals surface area contributed by atoms with Gasteiger partial charge in [0, 0.05) is 6.61 Å². The number of aliphatic hydroxyl groups excluding tert-OH is 1. The van der Waals surface area contributed by atoms with Crippen LogP contribution in [-0.2, 0) is 9.31 Å². The van der Waals surface area contributed by atoms with Gasteiger partial charge in [-0.25, -0.2) is 0 Å². The molecule has 0 amide bonds. The van der Waals surface area contributed by atoms with Crippen LogP contribution in [0.5, 0.6) is 0 Å². The Bertz CT molecular complexity index is 224. The van der Waals surface area contributed by atoms with Crippen LogP contribution in [0.25, 0.3) is 0 Å². The van der Waals surface area contributed by atoms with Crippen LogP contribution >= 0.6 is 0 Å². The summed E-state index contributed by atoms with van der Waals surface area (Å²) >= 11 is 0. The third-order valence-corrected chi connectivity index (χ3v) is 3.83. The molecule has 1 saturated heterocycles. The molecule has 1 aliphatic heterocycles. The van der Waals surface area contributed by atoms with Gasteiger partial charge in [0.05, 0.1) is 11.2 Å². The van der Waals surface area contributed by atoms with Gasteiger partial charge in [-0.2, -0.15) is 0 Å². The van der Waals surface area contributed by atoms with Crippen LogP contribution in [0.4, 0.5) is 0 Å². The molecule has 1 aliphatic carbocycles. The van der Waals surface area contributed by atoms with Crippen molar-refractivity contribution in [2.45, 2.75) is 51.1 Å². The van der Waals surface area contributed by atoms with Crippen LogP contribution in [0, 0.1) is 5.92 Å². The van der Waals surface area contributed by atoms with Gasteiger partial charge in [0.25, 0.3) is 0 Å². The highest BCUT2D eigenvalue weighted by atomic mass is 16.7. The third-order valence-electron chi connectivity index (χ3n) is 3.83. The molecule has 80 valence electrons. The monoisotopic (exact) mass is 198 g/mol. The zero-order valence-electron chi connectivity index (χ0n) is 9.41. The van der Waals surface area contributed by atoms with E-state index in [2.05, 4.69) is 27.7 Å². The highest BCUT2D eigenvalue weighted by Crippen LogP contribution is 2.52. The molecule has 2 fully saturated rings. The lowest BCUT2D eigenvalue weighted by molar-refractivity contribution is 0.00578. The third kappa shape index (κ3) is 1.49. The van der Waals surface area contributed by atoms with E-state index < -0.39 is 0 Å². The van der Waals surface area contributed by atoms with Crippen molar-refractivity contribution < 1.29 is 14.4 Å². The first kappa shape index (κ1) is 10.5. The lowest BCUT2D eigenvalue weighted by Crippen LogP contribution is -2.41. The van der Waals surface area contributed by atoms with Crippen LogP contribution in [0.15, 0.2) is 0 Å². The van der Waals surface area contributed by atoms with Crippen molar-refractivity contribution in [3.8, 4) is 0 Å². The largest absolute Gasteiger partial charge is 0.461 e. The molecule has 2 aliphatic rings. The van der Waals surface area contributed by atoms with Crippen LogP contribution in [0.3, 0.4) is 0 Å². The summed E-state index contributed by atoms with van der Waals surface area (Å²) < 4.78 is 11.8. The second-order valence-electron chi connectivity index (χ2n) is 5.47. The Labute approximate surface area is 85.9 Å². The Hall–Kier alpha value is -0.0551. The second-order valence-corrected chi connectivity index (χ2v) is 5.47. The average Bonchev–Trinajstić information content (AvgIpc) is 2.75. The normalized spacial score (nSPS) is 38.8. The van der Waals surface area contributed by atoms with Gasteiger partial charge in [0.1, 0.15) is 0 Å². The van der Waals surface area contributed by atoms with Gasteiger partial charge < -0.3 is 14.4 Å². The zero-order valence-corrected chi connectivity index (χ0v) is 9.41. The summed E-state index contributed by atoms with van der Waals surface area (Å²) in [7, 11) is -0.114. The van der Waals surface area contributed by atoms with E-state index in [1.165, 1.54) is 0 Å². The molecule has 0 radical (unpaired) electrons. The van der Waals surface area contributed by atoms with Crippen molar-refractivity contribution >= 4 is 7.12 Å². The fourth-order valence-corrected chi connectivity index (χ4v) is 1.88. The molecule has 14 heavy (non-hydrogen) atoms. The fraction of sp³-hybridized carbons (Fsp3) is 1.00. The molecule has 0 bridgehead atoms. The van der Waals surface area contributed by atoms with E-state index in [4.69, 9.17) is 14.4 Å². The maximum absolute atomic E-state index is 8.99. The van der Waals surface area contributed by atoms with Crippen LogP contribution in [0.2, 0.25) is 5.82 Å². The Morgan fingerprint density at radius 3 is 2.07 bits per heavy atom. The van der Waals surface area contributed by atoms with E-state index in [9.17, 15) is 0 Å². The van der Waals surface area contributed by atoms with E-state index >= 15 is 0 Å². The first-order valence-electron chi connectivity index (χ1n) is 5.34. The van der Waals surface area contributed by atoms with Crippen molar-refractivity contribution in [2.24, 2.45) is 5.92 Å². The Balaban J connectivity index is 2.01. The van der Waals surface area contributed by atoms with Crippen molar-refractivity contribution in [3.63, 3.8) is 0 Å². The molecular weight excluding hydrogens is 179 g/mol. The highest BCUT2D eigenvalue weighted by molar-refractivity contribution is 6.48. The molecule has 2 atom stereocenters. The maximum atomic E-state index is 8.99. The zero-order chi connectivity index (χ0) is 10.6. The van der Waals surface area contributed by atoms with E-state index in [1.54, 1.807) is 0 Å². The Morgan fingerprint density at radius 2 is 1.71 bits per heavy atom.